The summed E-state index contributed by atoms with van der Waals surface area (Å²) >= 11 is 18.0. The third-order valence-electron chi connectivity index (χ3n) is 2.71. The van der Waals surface area contributed by atoms with Gasteiger partial charge in [-0.15, -0.1) is 0 Å². The maximum absolute atomic E-state index is 11.9. The number of ether oxygens (including phenoxy) is 1. The van der Waals surface area contributed by atoms with E-state index in [4.69, 9.17) is 39.5 Å². The zero-order chi connectivity index (χ0) is 16.1. The van der Waals surface area contributed by atoms with E-state index in [1.807, 2.05) is 6.07 Å². The van der Waals surface area contributed by atoms with Crippen molar-refractivity contribution in [3.63, 3.8) is 0 Å². The second-order valence-corrected chi connectivity index (χ2v) is 5.43. The molecule has 114 valence electrons. The summed E-state index contributed by atoms with van der Waals surface area (Å²) in [5.74, 6) is -0.583. The molecule has 0 bridgehead atoms. The third kappa shape index (κ3) is 3.91. The van der Waals surface area contributed by atoms with E-state index < -0.39 is 5.97 Å². The summed E-state index contributed by atoms with van der Waals surface area (Å²) in [6.07, 6.45) is 0. The molecule has 7 heteroatoms. The molecule has 2 aromatic rings. The summed E-state index contributed by atoms with van der Waals surface area (Å²) in [6.45, 7) is 0. The smallest absolute Gasteiger partial charge is 0.359 e. The van der Waals surface area contributed by atoms with Gasteiger partial charge in [0.2, 0.25) is 0 Å². The van der Waals surface area contributed by atoms with Gasteiger partial charge in [-0.05, 0) is 12.1 Å². The Labute approximate surface area is 142 Å². The highest BCUT2D eigenvalue weighted by atomic mass is 35.5. The first-order valence-corrected chi connectivity index (χ1v) is 7.28. The van der Waals surface area contributed by atoms with Crippen molar-refractivity contribution in [1.82, 2.24) is 0 Å². The number of rotatable bonds is 4. The summed E-state index contributed by atoms with van der Waals surface area (Å²) in [5, 5.41) is 5.05. The first-order chi connectivity index (χ1) is 10.5. The number of anilines is 1. The van der Waals surface area contributed by atoms with Crippen LogP contribution >= 0.6 is 34.8 Å². The second-order valence-electron chi connectivity index (χ2n) is 4.17. The van der Waals surface area contributed by atoms with Gasteiger partial charge in [0.25, 0.3) is 0 Å². The number of hydrogen-bond donors (Lipinski definition) is 1. The van der Waals surface area contributed by atoms with Crippen LogP contribution in [0.1, 0.15) is 5.56 Å². The molecule has 0 aliphatic heterocycles. The number of hydrazone groups is 1. The van der Waals surface area contributed by atoms with Crippen LogP contribution in [0.4, 0.5) is 5.69 Å². The Morgan fingerprint density at radius 1 is 1.09 bits per heavy atom. The number of hydrogen-bond acceptors (Lipinski definition) is 4. The van der Waals surface area contributed by atoms with E-state index in [1.165, 1.54) is 19.2 Å². The molecule has 0 atom stereocenters. The third-order valence-corrected chi connectivity index (χ3v) is 3.53. The predicted octanol–water partition coefficient (Wildman–Crippen LogP) is 4.64. The van der Waals surface area contributed by atoms with Crippen LogP contribution in [0.15, 0.2) is 47.6 Å². The molecule has 0 saturated heterocycles. The molecule has 2 aromatic carbocycles. The van der Waals surface area contributed by atoms with Crippen LogP contribution in [0.2, 0.25) is 15.1 Å². The Morgan fingerprint density at radius 3 is 2.23 bits per heavy atom. The molecule has 4 nitrogen and oxygen atoms in total. The van der Waals surface area contributed by atoms with Crippen molar-refractivity contribution < 1.29 is 9.53 Å². The van der Waals surface area contributed by atoms with Gasteiger partial charge in [-0.1, -0.05) is 65.1 Å². The van der Waals surface area contributed by atoms with Crippen molar-refractivity contribution >= 4 is 52.2 Å². The minimum absolute atomic E-state index is 0.102. The minimum Gasteiger partial charge on any atom is -0.464 e. The van der Waals surface area contributed by atoms with Crippen LogP contribution in [-0.2, 0) is 9.53 Å². The molecule has 0 unspecified atom stereocenters. The summed E-state index contributed by atoms with van der Waals surface area (Å²) in [6, 6.07) is 11.9. The van der Waals surface area contributed by atoms with Crippen molar-refractivity contribution in [1.29, 1.82) is 0 Å². The molecular formula is C15H11Cl3N2O2. The SMILES string of the molecule is COC(=O)C(=NNc1c(Cl)cc(Cl)cc1Cl)c1ccccc1. The Kier molecular flexibility index (Phi) is 5.66. The van der Waals surface area contributed by atoms with Gasteiger partial charge in [0.15, 0.2) is 5.71 Å². The molecule has 2 rings (SSSR count). The average molecular weight is 358 g/mol. The molecule has 22 heavy (non-hydrogen) atoms. The zero-order valence-electron chi connectivity index (χ0n) is 11.4. The van der Waals surface area contributed by atoms with Gasteiger partial charge in [-0.3, -0.25) is 5.43 Å². The van der Waals surface area contributed by atoms with E-state index in [0.29, 0.717) is 26.3 Å². The Morgan fingerprint density at radius 2 is 1.68 bits per heavy atom. The fraction of sp³-hybridized carbons (Fsp3) is 0.0667. The van der Waals surface area contributed by atoms with Crippen LogP contribution in [0.25, 0.3) is 0 Å². The lowest BCUT2D eigenvalue weighted by molar-refractivity contribution is -0.132. The van der Waals surface area contributed by atoms with Gasteiger partial charge in [0.05, 0.1) is 22.8 Å². The van der Waals surface area contributed by atoms with E-state index in [-0.39, 0.29) is 5.71 Å². The van der Waals surface area contributed by atoms with Gasteiger partial charge in [0, 0.05) is 10.6 Å². The quantitative estimate of drug-likeness (QED) is 0.493. The summed E-state index contributed by atoms with van der Waals surface area (Å²) in [7, 11) is 1.28. The lowest BCUT2D eigenvalue weighted by Gasteiger charge is -2.09. The highest BCUT2D eigenvalue weighted by molar-refractivity contribution is 6.44. The summed E-state index contributed by atoms with van der Waals surface area (Å²) < 4.78 is 4.74. The van der Waals surface area contributed by atoms with E-state index >= 15 is 0 Å². The normalized spacial score (nSPS) is 11.2. The van der Waals surface area contributed by atoms with Gasteiger partial charge in [-0.25, -0.2) is 4.79 Å². The number of carbonyl (C=O) groups excluding carboxylic acids is 1. The highest BCUT2D eigenvalue weighted by Gasteiger charge is 2.15. The number of methoxy groups -OCH3 is 1. The lowest BCUT2D eigenvalue weighted by atomic mass is 10.1. The average Bonchev–Trinajstić information content (AvgIpc) is 2.50. The first kappa shape index (κ1) is 16.6. The molecule has 1 N–H and O–H groups in total. The van der Waals surface area contributed by atoms with Crippen LogP contribution in [0.3, 0.4) is 0 Å². The fourth-order valence-corrected chi connectivity index (χ4v) is 2.58. The maximum atomic E-state index is 11.9. The van der Waals surface area contributed by atoms with Crippen LogP contribution in [0.5, 0.6) is 0 Å². The van der Waals surface area contributed by atoms with Crippen molar-refractivity contribution in [2.75, 3.05) is 12.5 Å². The first-order valence-electron chi connectivity index (χ1n) is 6.15. The van der Waals surface area contributed by atoms with Gasteiger partial charge in [0.1, 0.15) is 0 Å². The van der Waals surface area contributed by atoms with Gasteiger partial charge in [-0.2, -0.15) is 5.10 Å². The molecular weight excluding hydrogens is 347 g/mol. The van der Waals surface area contributed by atoms with Gasteiger partial charge >= 0.3 is 5.97 Å². The molecule has 0 aliphatic rings. The molecule has 0 aromatic heterocycles. The topological polar surface area (TPSA) is 50.7 Å². The fourth-order valence-electron chi connectivity index (χ4n) is 1.68. The maximum Gasteiger partial charge on any atom is 0.359 e. The minimum atomic E-state index is -0.583. The number of esters is 1. The second kappa shape index (κ2) is 7.49. The standard InChI is InChI=1S/C15H11Cl3N2O2/c1-22-15(21)13(9-5-3-2-4-6-9)19-20-14-11(17)7-10(16)8-12(14)18/h2-8,20H,1H3. The summed E-state index contributed by atoms with van der Waals surface area (Å²) in [5.41, 5.74) is 3.74. The largest absolute Gasteiger partial charge is 0.464 e. The van der Waals surface area contributed by atoms with Crippen molar-refractivity contribution in [2.24, 2.45) is 5.10 Å². The number of benzene rings is 2. The lowest BCUT2D eigenvalue weighted by Crippen LogP contribution is -2.18. The van der Waals surface area contributed by atoms with Crippen LogP contribution in [-0.4, -0.2) is 18.8 Å². The van der Waals surface area contributed by atoms with Gasteiger partial charge < -0.3 is 4.74 Å². The number of carbonyl (C=O) groups is 1. The van der Waals surface area contributed by atoms with E-state index in [0.717, 1.165) is 0 Å². The van der Waals surface area contributed by atoms with Crippen LogP contribution < -0.4 is 5.43 Å². The van der Waals surface area contributed by atoms with Crippen molar-refractivity contribution in [3.8, 4) is 0 Å². The molecule has 0 radical (unpaired) electrons. The van der Waals surface area contributed by atoms with E-state index in [1.54, 1.807) is 24.3 Å². The number of halogens is 3. The molecule has 0 heterocycles. The number of nitrogens with zero attached hydrogens (tertiary/aromatic N) is 1. The molecule has 0 amide bonds. The molecule has 0 aliphatic carbocycles. The summed E-state index contributed by atoms with van der Waals surface area (Å²) in [4.78, 5) is 11.9. The number of nitrogens with one attached hydrogen (secondary N) is 1. The molecule has 0 saturated carbocycles. The van der Waals surface area contributed by atoms with Crippen LogP contribution in [0, 0.1) is 0 Å². The van der Waals surface area contributed by atoms with Crippen molar-refractivity contribution in [3.05, 3.63) is 63.1 Å². The monoisotopic (exact) mass is 356 g/mol. The Bertz CT molecular complexity index is 695. The molecule has 0 spiro atoms. The van der Waals surface area contributed by atoms with E-state index in [9.17, 15) is 4.79 Å². The Hall–Kier alpha value is -1.75. The molecule has 0 fully saturated rings. The predicted molar refractivity (Wildman–Crippen MR) is 90.1 cm³/mol. The van der Waals surface area contributed by atoms with Crippen molar-refractivity contribution in [2.45, 2.75) is 0 Å². The van der Waals surface area contributed by atoms with E-state index in [2.05, 4.69) is 10.5 Å². The Balaban J connectivity index is 2.38. The highest BCUT2D eigenvalue weighted by Crippen LogP contribution is 2.33. The zero-order valence-corrected chi connectivity index (χ0v) is 13.7.